The lowest BCUT2D eigenvalue weighted by molar-refractivity contribution is -0.139. The highest BCUT2D eigenvalue weighted by molar-refractivity contribution is 9.10. The molecule has 3 rings (SSSR count). The molecule has 0 aromatic heterocycles. The van der Waals surface area contributed by atoms with Crippen molar-refractivity contribution < 1.29 is 19.4 Å². The maximum absolute atomic E-state index is 12.8. The van der Waals surface area contributed by atoms with E-state index in [0.717, 1.165) is 4.47 Å². The Morgan fingerprint density at radius 2 is 2.00 bits per heavy atom. The summed E-state index contributed by atoms with van der Waals surface area (Å²) in [5, 5.41) is 8.81. The van der Waals surface area contributed by atoms with Gasteiger partial charge in [-0.2, -0.15) is 0 Å². The number of halogens is 1. The Bertz CT molecular complexity index is 915. The summed E-state index contributed by atoms with van der Waals surface area (Å²) in [7, 11) is 0. The minimum atomic E-state index is -1.07. The van der Waals surface area contributed by atoms with Crippen molar-refractivity contribution in [3.63, 3.8) is 0 Å². The maximum Gasteiger partial charge on any atom is 0.341 e. The van der Waals surface area contributed by atoms with Gasteiger partial charge in [0.15, 0.2) is 10.9 Å². The normalized spacial score (nSPS) is 15.6. The van der Waals surface area contributed by atoms with E-state index < -0.39 is 12.6 Å². The van der Waals surface area contributed by atoms with Gasteiger partial charge in [-0.3, -0.25) is 9.69 Å². The zero-order chi connectivity index (χ0) is 18.7. The van der Waals surface area contributed by atoms with Crippen LogP contribution in [0, 0.1) is 0 Å². The third-order valence-corrected chi connectivity index (χ3v) is 5.21. The molecule has 26 heavy (non-hydrogen) atoms. The van der Waals surface area contributed by atoms with Crippen molar-refractivity contribution in [3.05, 3.63) is 63.5 Å². The number of carbonyl (C=O) groups is 2. The van der Waals surface area contributed by atoms with Gasteiger partial charge in [-0.15, -0.1) is 0 Å². The van der Waals surface area contributed by atoms with Crippen LogP contribution in [0.2, 0.25) is 0 Å². The van der Waals surface area contributed by atoms with Crippen molar-refractivity contribution in [2.75, 3.05) is 11.5 Å². The number of carboxylic acids is 1. The van der Waals surface area contributed by atoms with Gasteiger partial charge in [0.1, 0.15) is 5.75 Å². The molecular weight excluding hydrogens is 438 g/mol. The number of carboxylic acid groups (broad SMARTS) is 1. The number of nitrogens with zero attached hydrogens (tertiary/aromatic N) is 1. The summed E-state index contributed by atoms with van der Waals surface area (Å²) in [4.78, 5) is 25.5. The van der Waals surface area contributed by atoms with E-state index in [1.165, 1.54) is 16.7 Å². The van der Waals surface area contributed by atoms with E-state index in [-0.39, 0.29) is 5.91 Å². The number of hydrogen-bond acceptors (Lipinski definition) is 5. The molecule has 1 aliphatic heterocycles. The molecule has 8 heteroatoms. The van der Waals surface area contributed by atoms with Crippen molar-refractivity contribution in [1.82, 2.24) is 0 Å². The number of carbonyl (C=O) groups excluding carboxylic acids is 1. The molecule has 0 atom stereocenters. The SMILES string of the molecule is O=C(O)COc1ccc(Br)cc1/C=C1/SC(=S)N(c2ccccc2)C1=O. The molecule has 0 bridgehead atoms. The smallest absolute Gasteiger partial charge is 0.341 e. The molecule has 1 saturated heterocycles. The topological polar surface area (TPSA) is 66.8 Å². The average Bonchev–Trinajstić information content (AvgIpc) is 2.88. The number of thiocarbonyl (C=S) groups is 1. The summed E-state index contributed by atoms with van der Waals surface area (Å²) < 4.78 is 6.53. The average molecular weight is 450 g/mol. The molecule has 0 aliphatic carbocycles. The number of amides is 1. The van der Waals surface area contributed by atoms with Crippen LogP contribution in [0.3, 0.4) is 0 Å². The molecule has 1 amide bonds. The minimum Gasteiger partial charge on any atom is -0.481 e. The zero-order valence-electron chi connectivity index (χ0n) is 13.2. The Hall–Kier alpha value is -2.16. The van der Waals surface area contributed by atoms with Gasteiger partial charge in [-0.25, -0.2) is 4.79 Å². The lowest BCUT2D eigenvalue weighted by Crippen LogP contribution is -2.27. The fourth-order valence-electron chi connectivity index (χ4n) is 2.31. The molecule has 0 radical (unpaired) electrons. The molecule has 0 unspecified atom stereocenters. The van der Waals surface area contributed by atoms with Crippen molar-refractivity contribution in [3.8, 4) is 5.75 Å². The van der Waals surface area contributed by atoms with Crippen LogP contribution in [0.4, 0.5) is 5.69 Å². The van der Waals surface area contributed by atoms with Crippen LogP contribution in [0.1, 0.15) is 5.56 Å². The largest absolute Gasteiger partial charge is 0.481 e. The van der Waals surface area contributed by atoms with Crippen LogP contribution in [-0.2, 0) is 9.59 Å². The van der Waals surface area contributed by atoms with Crippen LogP contribution < -0.4 is 9.64 Å². The molecule has 0 saturated carbocycles. The maximum atomic E-state index is 12.8. The van der Waals surface area contributed by atoms with Crippen LogP contribution in [0.15, 0.2) is 57.9 Å². The van der Waals surface area contributed by atoms with E-state index in [2.05, 4.69) is 15.9 Å². The predicted molar refractivity (Wildman–Crippen MR) is 109 cm³/mol. The van der Waals surface area contributed by atoms with E-state index in [9.17, 15) is 9.59 Å². The Morgan fingerprint density at radius 1 is 1.27 bits per heavy atom. The van der Waals surface area contributed by atoms with Gasteiger partial charge in [0, 0.05) is 10.0 Å². The van der Waals surface area contributed by atoms with Crippen LogP contribution in [0.25, 0.3) is 6.08 Å². The number of benzene rings is 2. The molecule has 2 aromatic rings. The zero-order valence-corrected chi connectivity index (χ0v) is 16.4. The quantitative estimate of drug-likeness (QED) is 0.541. The van der Waals surface area contributed by atoms with Gasteiger partial charge in [-0.05, 0) is 36.4 Å². The Balaban J connectivity index is 1.93. The number of anilines is 1. The first-order chi connectivity index (χ1) is 12.5. The standard InChI is InChI=1S/C18H12BrNO4S2/c19-12-6-7-14(24-10-16(21)22)11(8-12)9-15-17(23)20(18(25)26-15)13-4-2-1-3-5-13/h1-9H,10H2,(H,21,22)/b15-9+. The molecule has 132 valence electrons. The van der Waals surface area contributed by atoms with Crippen molar-refractivity contribution >= 4 is 67.9 Å². The summed E-state index contributed by atoms with van der Waals surface area (Å²) in [5.74, 6) is -0.926. The summed E-state index contributed by atoms with van der Waals surface area (Å²) in [6.45, 7) is -0.465. The van der Waals surface area contributed by atoms with Crippen LogP contribution in [0.5, 0.6) is 5.75 Å². The van der Waals surface area contributed by atoms with Crippen LogP contribution in [-0.4, -0.2) is 27.9 Å². The van der Waals surface area contributed by atoms with E-state index >= 15 is 0 Å². The Labute approximate surface area is 167 Å². The fraction of sp³-hybridized carbons (Fsp3) is 0.0556. The third-order valence-electron chi connectivity index (χ3n) is 3.42. The number of rotatable bonds is 5. The van der Waals surface area contributed by atoms with Gasteiger partial charge < -0.3 is 9.84 Å². The number of aliphatic carboxylic acids is 1. The first kappa shape index (κ1) is 18.6. The van der Waals surface area contributed by atoms with Crippen molar-refractivity contribution in [2.24, 2.45) is 0 Å². The molecule has 1 fully saturated rings. The van der Waals surface area contributed by atoms with Gasteiger partial charge in [-0.1, -0.05) is 58.1 Å². The molecule has 1 heterocycles. The highest BCUT2D eigenvalue weighted by Gasteiger charge is 2.33. The first-order valence-corrected chi connectivity index (χ1v) is 9.44. The highest BCUT2D eigenvalue weighted by Crippen LogP contribution is 2.37. The fourth-order valence-corrected chi connectivity index (χ4v) is 3.98. The molecule has 5 nitrogen and oxygen atoms in total. The van der Waals surface area contributed by atoms with Gasteiger partial charge in [0.05, 0.1) is 10.6 Å². The Kier molecular flexibility index (Phi) is 5.75. The minimum absolute atomic E-state index is 0.227. The summed E-state index contributed by atoms with van der Waals surface area (Å²) in [6, 6.07) is 14.3. The second-order valence-electron chi connectivity index (χ2n) is 5.22. The van der Waals surface area contributed by atoms with Crippen molar-refractivity contribution in [1.29, 1.82) is 0 Å². The van der Waals surface area contributed by atoms with Gasteiger partial charge in [0.25, 0.3) is 5.91 Å². The van der Waals surface area contributed by atoms with E-state index in [1.54, 1.807) is 24.3 Å². The number of thioether (sulfide) groups is 1. The number of para-hydroxylation sites is 1. The molecule has 0 spiro atoms. The van der Waals surface area contributed by atoms with Crippen LogP contribution >= 0.6 is 39.9 Å². The third kappa shape index (κ3) is 4.14. The summed E-state index contributed by atoms with van der Waals surface area (Å²) in [5.41, 5.74) is 1.30. The Morgan fingerprint density at radius 3 is 2.69 bits per heavy atom. The summed E-state index contributed by atoms with van der Waals surface area (Å²) in [6.07, 6.45) is 1.66. The van der Waals surface area contributed by atoms with E-state index in [0.29, 0.717) is 26.2 Å². The van der Waals surface area contributed by atoms with E-state index in [1.807, 2.05) is 30.3 Å². The predicted octanol–water partition coefficient (Wildman–Crippen LogP) is 4.32. The first-order valence-electron chi connectivity index (χ1n) is 7.43. The van der Waals surface area contributed by atoms with Gasteiger partial charge >= 0.3 is 5.97 Å². The lowest BCUT2D eigenvalue weighted by atomic mass is 10.2. The lowest BCUT2D eigenvalue weighted by Gasteiger charge is -2.13. The van der Waals surface area contributed by atoms with Gasteiger partial charge in [0.2, 0.25) is 0 Å². The highest BCUT2D eigenvalue weighted by atomic mass is 79.9. The molecule has 1 N–H and O–H groups in total. The second-order valence-corrected chi connectivity index (χ2v) is 7.81. The monoisotopic (exact) mass is 449 g/mol. The van der Waals surface area contributed by atoms with E-state index in [4.69, 9.17) is 22.1 Å². The number of ether oxygens (including phenoxy) is 1. The summed E-state index contributed by atoms with van der Waals surface area (Å²) >= 11 is 9.91. The number of hydrogen-bond donors (Lipinski definition) is 1. The second kappa shape index (κ2) is 8.03. The molecule has 2 aromatic carbocycles. The molecular formula is C18H12BrNO4S2. The van der Waals surface area contributed by atoms with Crippen molar-refractivity contribution in [2.45, 2.75) is 0 Å². The molecule has 1 aliphatic rings.